The molecule has 0 saturated heterocycles. The van der Waals surface area contributed by atoms with Gasteiger partial charge in [-0.25, -0.2) is 0 Å². The van der Waals surface area contributed by atoms with E-state index in [1.165, 1.54) is 76.2 Å². The van der Waals surface area contributed by atoms with Gasteiger partial charge in [-0.1, -0.05) is 96.4 Å². The summed E-state index contributed by atoms with van der Waals surface area (Å²) in [6.07, 6.45) is 22.3. The van der Waals surface area contributed by atoms with Gasteiger partial charge in [0, 0.05) is 13.0 Å². The third-order valence-corrected chi connectivity index (χ3v) is 6.73. The zero-order valence-electron chi connectivity index (χ0n) is 24.2. The van der Waals surface area contributed by atoms with Gasteiger partial charge in [-0.05, 0) is 82.2 Å². The minimum absolute atomic E-state index is 0.332. The van der Waals surface area contributed by atoms with Gasteiger partial charge in [-0.2, -0.15) is 0 Å². The fourth-order valence-corrected chi connectivity index (χ4v) is 4.77. The molecule has 0 bridgehead atoms. The van der Waals surface area contributed by atoms with Gasteiger partial charge in [0.2, 0.25) is 0 Å². The molecule has 1 aromatic rings. The number of rotatable bonds is 20. The standard InChI is InChI=1S/C18H34O2.C14H23NO/c1-2-3-4-5-6-7-8-9-10-11-12-13-14-15-16-17-18(19)20;1-5-14(11(2)10-15(3)4)12-7-6-8-13(16)9-12/h9-10H,2-8,11-17H2,1H3,(H,19,20);6-9,11,14,16H,5,10H2,1-4H3/b10-9-;/t;11-,14+/m.0/s1. The van der Waals surface area contributed by atoms with E-state index in [2.05, 4.69) is 58.0 Å². The second-order valence-electron chi connectivity index (χ2n) is 10.6. The van der Waals surface area contributed by atoms with E-state index in [1.807, 2.05) is 12.1 Å². The van der Waals surface area contributed by atoms with Gasteiger partial charge in [-0.3, -0.25) is 4.79 Å². The molecule has 208 valence electrons. The van der Waals surface area contributed by atoms with Crippen molar-refractivity contribution in [3.8, 4) is 5.75 Å². The van der Waals surface area contributed by atoms with Crippen LogP contribution >= 0.6 is 0 Å². The lowest BCUT2D eigenvalue weighted by atomic mass is 9.85. The molecule has 36 heavy (non-hydrogen) atoms. The molecule has 0 aliphatic heterocycles. The van der Waals surface area contributed by atoms with Crippen LogP contribution in [0, 0.1) is 5.92 Å². The molecule has 0 spiro atoms. The van der Waals surface area contributed by atoms with Crippen molar-refractivity contribution in [3.63, 3.8) is 0 Å². The molecule has 0 saturated carbocycles. The van der Waals surface area contributed by atoms with Gasteiger partial charge in [-0.15, -0.1) is 0 Å². The van der Waals surface area contributed by atoms with Crippen molar-refractivity contribution in [2.45, 2.75) is 123 Å². The Balaban J connectivity index is 0.000000696. The molecule has 4 heteroatoms. The Hall–Kier alpha value is -1.81. The summed E-state index contributed by atoms with van der Waals surface area (Å²) in [5, 5.41) is 18.0. The number of unbranched alkanes of at least 4 members (excludes halogenated alkanes) is 11. The highest BCUT2D eigenvalue weighted by Gasteiger charge is 2.18. The fraction of sp³-hybridized carbons (Fsp3) is 0.719. The highest BCUT2D eigenvalue weighted by molar-refractivity contribution is 5.66. The van der Waals surface area contributed by atoms with Crippen molar-refractivity contribution >= 4 is 5.97 Å². The van der Waals surface area contributed by atoms with E-state index in [1.54, 1.807) is 6.07 Å². The molecule has 0 heterocycles. The SMILES string of the molecule is CCCCCCCC/C=C\CCCCCCCC(=O)O.CC[C@@H](c1cccc(O)c1)[C@@H](C)CN(C)C. The molecule has 0 amide bonds. The van der Waals surface area contributed by atoms with Crippen LogP contribution in [0.1, 0.15) is 129 Å². The lowest BCUT2D eigenvalue weighted by molar-refractivity contribution is -0.137. The van der Waals surface area contributed by atoms with Crippen LogP contribution in [0.15, 0.2) is 36.4 Å². The lowest BCUT2D eigenvalue weighted by Crippen LogP contribution is -2.24. The molecule has 1 aromatic carbocycles. The van der Waals surface area contributed by atoms with Crippen LogP contribution in [0.25, 0.3) is 0 Å². The smallest absolute Gasteiger partial charge is 0.303 e. The van der Waals surface area contributed by atoms with Crippen LogP contribution in [0.4, 0.5) is 0 Å². The molecule has 4 nitrogen and oxygen atoms in total. The average Bonchev–Trinajstić information content (AvgIpc) is 2.82. The maximum absolute atomic E-state index is 10.3. The molecule has 2 N–H and O–H groups in total. The van der Waals surface area contributed by atoms with Gasteiger partial charge in [0.05, 0.1) is 0 Å². The van der Waals surface area contributed by atoms with Gasteiger partial charge >= 0.3 is 5.97 Å². The van der Waals surface area contributed by atoms with Crippen LogP contribution in [-0.4, -0.2) is 41.7 Å². The number of hydrogen-bond donors (Lipinski definition) is 2. The number of carboxylic acids is 1. The number of phenolic OH excluding ortho intramolecular Hbond substituents is 1. The summed E-state index contributed by atoms with van der Waals surface area (Å²) in [5.41, 5.74) is 1.25. The molecule has 0 aromatic heterocycles. The van der Waals surface area contributed by atoms with Gasteiger partial charge in [0.1, 0.15) is 5.75 Å². The summed E-state index contributed by atoms with van der Waals surface area (Å²) in [6.45, 7) is 7.82. The number of aromatic hydroxyl groups is 1. The quantitative estimate of drug-likeness (QED) is 0.137. The van der Waals surface area contributed by atoms with E-state index in [4.69, 9.17) is 5.11 Å². The maximum atomic E-state index is 10.3. The third-order valence-electron chi connectivity index (χ3n) is 6.73. The minimum Gasteiger partial charge on any atom is -0.508 e. The van der Waals surface area contributed by atoms with Crippen molar-refractivity contribution in [1.29, 1.82) is 0 Å². The largest absolute Gasteiger partial charge is 0.508 e. The molecular weight excluding hydrogens is 446 g/mol. The van der Waals surface area contributed by atoms with Crippen molar-refractivity contribution in [2.24, 2.45) is 5.92 Å². The number of carbonyl (C=O) groups is 1. The summed E-state index contributed by atoms with van der Waals surface area (Å²) in [4.78, 5) is 12.5. The Morgan fingerprint density at radius 2 is 1.44 bits per heavy atom. The Morgan fingerprint density at radius 1 is 0.889 bits per heavy atom. The zero-order valence-corrected chi connectivity index (χ0v) is 24.2. The van der Waals surface area contributed by atoms with Crippen LogP contribution < -0.4 is 0 Å². The average molecular weight is 504 g/mol. The Kier molecular flexibility index (Phi) is 22.4. The van der Waals surface area contributed by atoms with Crippen LogP contribution in [0.2, 0.25) is 0 Å². The second kappa shape index (κ2) is 23.6. The highest BCUT2D eigenvalue weighted by Crippen LogP contribution is 2.30. The topological polar surface area (TPSA) is 60.8 Å². The Labute approximate surface area is 223 Å². The number of hydrogen-bond acceptors (Lipinski definition) is 3. The third kappa shape index (κ3) is 20.4. The van der Waals surface area contributed by atoms with Gasteiger partial charge in [0.25, 0.3) is 0 Å². The molecule has 1 rings (SSSR count). The molecule has 0 unspecified atom stereocenters. The van der Waals surface area contributed by atoms with Crippen LogP contribution in [0.3, 0.4) is 0 Å². The zero-order chi connectivity index (χ0) is 27.0. The monoisotopic (exact) mass is 503 g/mol. The number of aliphatic carboxylic acids is 1. The van der Waals surface area contributed by atoms with E-state index in [-0.39, 0.29) is 0 Å². The molecule has 0 fully saturated rings. The van der Waals surface area contributed by atoms with Crippen molar-refractivity contribution in [2.75, 3.05) is 20.6 Å². The summed E-state index contributed by atoms with van der Waals surface area (Å²) < 4.78 is 0. The van der Waals surface area contributed by atoms with Crippen LogP contribution in [-0.2, 0) is 4.79 Å². The molecule has 0 radical (unpaired) electrons. The molecule has 2 atom stereocenters. The first-order chi connectivity index (χ1) is 17.3. The number of allylic oxidation sites excluding steroid dienone is 2. The lowest BCUT2D eigenvalue weighted by Gasteiger charge is -2.26. The van der Waals surface area contributed by atoms with Crippen LogP contribution in [0.5, 0.6) is 5.75 Å². The predicted octanol–water partition coefficient (Wildman–Crippen LogP) is 9.19. The number of phenols is 1. The summed E-state index contributed by atoms with van der Waals surface area (Å²) in [7, 11) is 4.21. The normalized spacial score (nSPS) is 12.9. The summed E-state index contributed by atoms with van der Waals surface area (Å²) >= 11 is 0. The van der Waals surface area contributed by atoms with Gasteiger partial charge in [0.15, 0.2) is 0 Å². The van der Waals surface area contributed by atoms with Crippen molar-refractivity contribution in [3.05, 3.63) is 42.0 Å². The minimum atomic E-state index is -0.664. The first-order valence-electron chi connectivity index (χ1n) is 14.6. The van der Waals surface area contributed by atoms with Gasteiger partial charge < -0.3 is 15.1 Å². The molecular formula is C32H57NO3. The fourth-order valence-electron chi connectivity index (χ4n) is 4.77. The maximum Gasteiger partial charge on any atom is 0.303 e. The first-order valence-corrected chi connectivity index (χ1v) is 14.6. The van der Waals surface area contributed by atoms with E-state index in [0.29, 0.717) is 24.0 Å². The van der Waals surface area contributed by atoms with E-state index in [0.717, 1.165) is 25.8 Å². The number of benzene rings is 1. The summed E-state index contributed by atoms with van der Waals surface area (Å²) in [6, 6.07) is 7.66. The Bertz CT molecular complexity index is 671. The highest BCUT2D eigenvalue weighted by atomic mass is 16.4. The molecule has 0 aliphatic rings. The Morgan fingerprint density at radius 3 is 1.94 bits per heavy atom. The summed E-state index contributed by atoms with van der Waals surface area (Å²) in [5.74, 6) is 0.826. The van der Waals surface area contributed by atoms with E-state index < -0.39 is 5.97 Å². The number of nitrogens with zero attached hydrogens (tertiary/aromatic N) is 1. The van der Waals surface area contributed by atoms with E-state index in [9.17, 15) is 9.90 Å². The van der Waals surface area contributed by atoms with E-state index >= 15 is 0 Å². The molecule has 0 aliphatic carbocycles. The number of carboxylic acid groups (broad SMARTS) is 1. The predicted molar refractivity (Wildman–Crippen MR) is 156 cm³/mol. The van der Waals surface area contributed by atoms with Crippen molar-refractivity contribution in [1.82, 2.24) is 4.90 Å². The second-order valence-corrected chi connectivity index (χ2v) is 10.6. The van der Waals surface area contributed by atoms with Crippen molar-refractivity contribution < 1.29 is 15.0 Å². The first kappa shape index (κ1) is 34.2.